The molecule has 1 N–H and O–H groups in total. The Kier molecular flexibility index (Phi) is 10.0. The number of hydrogen-bond donors (Lipinski definition) is 1. The molecule has 0 radical (unpaired) electrons. The van der Waals surface area contributed by atoms with Crippen LogP contribution in [0.15, 0.2) is 113 Å². The first-order valence-electron chi connectivity index (χ1n) is 13.7. The lowest BCUT2D eigenvalue weighted by molar-refractivity contribution is -0.118. The lowest BCUT2D eigenvalue weighted by Crippen LogP contribution is -2.20. The van der Waals surface area contributed by atoms with Gasteiger partial charge in [-0.25, -0.2) is 5.43 Å². The third-order valence-corrected chi connectivity index (χ3v) is 7.16. The van der Waals surface area contributed by atoms with Gasteiger partial charge in [0, 0.05) is 11.3 Å². The van der Waals surface area contributed by atoms with Crippen molar-refractivity contribution in [2.24, 2.45) is 5.10 Å². The maximum atomic E-state index is 12.7. The van der Waals surface area contributed by atoms with Crippen LogP contribution in [0.1, 0.15) is 18.1 Å². The van der Waals surface area contributed by atoms with E-state index in [2.05, 4.69) is 20.7 Å². The van der Waals surface area contributed by atoms with Gasteiger partial charge < -0.3 is 14.2 Å². The number of rotatable bonds is 13. The van der Waals surface area contributed by atoms with E-state index in [1.54, 1.807) is 19.4 Å². The summed E-state index contributed by atoms with van der Waals surface area (Å²) in [7, 11) is 1.58. The molecule has 5 rings (SSSR count). The van der Waals surface area contributed by atoms with E-state index >= 15 is 0 Å². The Morgan fingerprint density at radius 1 is 0.907 bits per heavy atom. The zero-order valence-corrected chi connectivity index (χ0v) is 24.7. The standard InChI is InChI=1S/C33H31N5O4S/c1-3-41-28-17-15-27(16-18-28)38-32(26-12-8-5-9-13-26)36-37-33(38)43-23-31(39)35-34-21-25-14-19-29(30(20-25)40-2)42-22-24-10-6-4-7-11-24/h4-21H,3,22-23H2,1-2H3,(H,35,39). The van der Waals surface area contributed by atoms with Crippen molar-refractivity contribution in [1.82, 2.24) is 20.2 Å². The number of amides is 1. The van der Waals surface area contributed by atoms with Gasteiger partial charge in [-0.3, -0.25) is 9.36 Å². The summed E-state index contributed by atoms with van der Waals surface area (Å²) in [6, 6.07) is 32.9. The fourth-order valence-corrected chi connectivity index (χ4v) is 4.93. The van der Waals surface area contributed by atoms with Crippen molar-refractivity contribution in [2.75, 3.05) is 19.5 Å². The molecule has 1 heterocycles. The van der Waals surface area contributed by atoms with Gasteiger partial charge in [-0.2, -0.15) is 5.10 Å². The normalized spacial score (nSPS) is 10.9. The van der Waals surface area contributed by atoms with Crippen LogP contribution in [0.4, 0.5) is 0 Å². The first kappa shape index (κ1) is 29.4. The van der Waals surface area contributed by atoms with E-state index in [0.717, 1.165) is 28.1 Å². The van der Waals surface area contributed by atoms with E-state index in [9.17, 15) is 4.79 Å². The molecule has 0 aliphatic carbocycles. The van der Waals surface area contributed by atoms with Crippen LogP contribution in [0.2, 0.25) is 0 Å². The Balaban J connectivity index is 1.22. The smallest absolute Gasteiger partial charge is 0.250 e. The number of aromatic nitrogens is 3. The summed E-state index contributed by atoms with van der Waals surface area (Å²) in [6.45, 7) is 2.96. The van der Waals surface area contributed by atoms with Crippen molar-refractivity contribution >= 4 is 23.9 Å². The van der Waals surface area contributed by atoms with E-state index in [1.165, 1.54) is 11.8 Å². The fourth-order valence-electron chi connectivity index (χ4n) is 4.19. The number of nitrogens with one attached hydrogen (secondary N) is 1. The first-order valence-corrected chi connectivity index (χ1v) is 14.7. The van der Waals surface area contributed by atoms with Gasteiger partial charge in [0.15, 0.2) is 22.5 Å². The zero-order chi connectivity index (χ0) is 29.9. The van der Waals surface area contributed by atoms with Crippen molar-refractivity contribution in [3.8, 4) is 34.3 Å². The number of nitrogens with zero attached hydrogens (tertiary/aromatic N) is 4. The van der Waals surface area contributed by atoms with E-state index in [1.807, 2.05) is 109 Å². The Morgan fingerprint density at radius 2 is 1.65 bits per heavy atom. The molecule has 1 amide bonds. The minimum atomic E-state index is -0.279. The number of benzene rings is 4. The predicted octanol–water partition coefficient (Wildman–Crippen LogP) is 6.16. The van der Waals surface area contributed by atoms with Crippen molar-refractivity contribution in [3.63, 3.8) is 0 Å². The molecule has 0 saturated heterocycles. The van der Waals surface area contributed by atoms with Crippen LogP contribution >= 0.6 is 11.8 Å². The van der Waals surface area contributed by atoms with Crippen LogP contribution in [0.5, 0.6) is 17.2 Å². The highest BCUT2D eigenvalue weighted by atomic mass is 32.2. The number of thioether (sulfide) groups is 1. The largest absolute Gasteiger partial charge is 0.494 e. The van der Waals surface area contributed by atoms with Crippen LogP contribution in [-0.2, 0) is 11.4 Å². The lowest BCUT2D eigenvalue weighted by atomic mass is 10.2. The van der Waals surface area contributed by atoms with E-state index in [-0.39, 0.29) is 11.7 Å². The van der Waals surface area contributed by atoms with Crippen LogP contribution in [0.25, 0.3) is 17.1 Å². The molecule has 0 saturated carbocycles. The Morgan fingerprint density at radius 3 is 2.37 bits per heavy atom. The average molecular weight is 594 g/mol. The molecule has 0 unspecified atom stereocenters. The van der Waals surface area contributed by atoms with E-state index in [0.29, 0.717) is 35.7 Å². The molecule has 43 heavy (non-hydrogen) atoms. The molecule has 1 aromatic heterocycles. The molecule has 0 aliphatic heterocycles. The summed E-state index contributed by atoms with van der Waals surface area (Å²) in [5.41, 5.74) is 6.17. The summed E-state index contributed by atoms with van der Waals surface area (Å²) in [5.74, 6) is 2.46. The number of carbonyl (C=O) groups excluding carboxylic acids is 1. The van der Waals surface area contributed by atoms with Crippen LogP contribution < -0.4 is 19.6 Å². The lowest BCUT2D eigenvalue weighted by Gasteiger charge is -2.11. The number of carbonyl (C=O) groups is 1. The molecule has 5 aromatic rings. The second kappa shape index (κ2) is 14.7. The number of hydrazone groups is 1. The highest BCUT2D eigenvalue weighted by molar-refractivity contribution is 7.99. The van der Waals surface area contributed by atoms with Gasteiger partial charge in [0.2, 0.25) is 0 Å². The second-order valence-corrected chi connectivity index (χ2v) is 10.1. The Bertz CT molecular complexity index is 1660. The van der Waals surface area contributed by atoms with Gasteiger partial charge in [0.25, 0.3) is 5.91 Å². The fraction of sp³-hybridized carbons (Fsp3) is 0.152. The maximum absolute atomic E-state index is 12.7. The molecule has 9 nitrogen and oxygen atoms in total. The minimum absolute atomic E-state index is 0.0941. The van der Waals surface area contributed by atoms with Crippen molar-refractivity contribution in [2.45, 2.75) is 18.7 Å². The van der Waals surface area contributed by atoms with Crippen LogP contribution in [-0.4, -0.2) is 46.4 Å². The van der Waals surface area contributed by atoms with Crippen molar-refractivity contribution in [3.05, 3.63) is 114 Å². The molecule has 0 aliphatic rings. The molecule has 0 fully saturated rings. The average Bonchev–Trinajstić information content (AvgIpc) is 3.48. The van der Waals surface area contributed by atoms with E-state index < -0.39 is 0 Å². The summed E-state index contributed by atoms with van der Waals surface area (Å²) < 4.78 is 18.9. The van der Waals surface area contributed by atoms with Gasteiger partial charge in [-0.15, -0.1) is 10.2 Å². The van der Waals surface area contributed by atoms with Gasteiger partial charge in [-0.1, -0.05) is 72.4 Å². The highest BCUT2D eigenvalue weighted by Crippen LogP contribution is 2.30. The summed E-state index contributed by atoms with van der Waals surface area (Å²) in [6.07, 6.45) is 1.56. The predicted molar refractivity (Wildman–Crippen MR) is 168 cm³/mol. The number of hydrogen-bond acceptors (Lipinski definition) is 8. The van der Waals surface area contributed by atoms with Crippen LogP contribution in [0.3, 0.4) is 0 Å². The molecule has 0 spiro atoms. The molecular formula is C33H31N5O4S. The quantitative estimate of drug-likeness (QED) is 0.0991. The second-order valence-electron chi connectivity index (χ2n) is 9.20. The molecule has 10 heteroatoms. The minimum Gasteiger partial charge on any atom is -0.494 e. The van der Waals surface area contributed by atoms with Gasteiger partial charge >= 0.3 is 0 Å². The first-order chi connectivity index (χ1) is 21.1. The summed E-state index contributed by atoms with van der Waals surface area (Å²) >= 11 is 1.27. The van der Waals surface area contributed by atoms with Gasteiger partial charge in [0.1, 0.15) is 12.4 Å². The molecule has 0 atom stereocenters. The van der Waals surface area contributed by atoms with Crippen molar-refractivity contribution < 1.29 is 19.0 Å². The highest BCUT2D eigenvalue weighted by Gasteiger charge is 2.17. The van der Waals surface area contributed by atoms with Crippen molar-refractivity contribution in [1.29, 1.82) is 0 Å². The van der Waals surface area contributed by atoms with E-state index in [4.69, 9.17) is 14.2 Å². The molecule has 0 bridgehead atoms. The monoisotopic (exact) mass is 593 g/mol. The third-order valence-electron chi connectivity index (χ3n) is 6.23. The Labute approximate surface area is 254 Å². The van der Waals surface area contributed by atoms with Gasteiger partial charge in [-0.05, 0) is 60.5 Å². The topological polar surface area (TPSA) is 99.9 Å². The molecule has 4 aromatic carbocycles. The SMILES string of the molecule is CCOc1ccc(-n2c(SCC(=O)NN=Cc3ccc(OCc4ccccc4)c(OC)c3)nnc2-c2ccccc2)cc1. The van der Waals surface area contributed by atoms with Crippen LogP contribution in [0, 0.1) is 0 Å². The Hall–Kier alpha value is -5.09. The molecular weight excluding hydrogens is 562 g/mol. The van der Waals surface area contributed by atoms with Gasteiger partial charge in [0.05, 0.1) is 25.7 Å². The molecule has 218 valence electrons. The number of ether oxygens (including phenoxy) is 3. The third kappa shape index (κ3) is 7.81. The summed E-state index contributed by atoms with van der Waals surface area (Å²) in [4.78, 5) is 12.7. The maximum Gasteiger partial charge on any atom is 0.250 e. The summed E-state index contributed by atoms with van der Waals surface area (Å²) in [5, 5.41) is 13.5. The zero-order valence-electron chi connectivity index (χ0n) is 23.8. The number of methoxy groups -OCH3 is 1.